The third-order valence-corrected chi connectivity index (χ3v) is 5.25. The molecule has 0 bridgehead atoms. The lowest BCUT2D eigenvalue weighted by molar-refractivity contribution is 0.195. The van der Waals surface area contributed by atoms with Crippen LogP contribution in [0, 0.1) is 5.82 Å². The fourth-order valence-electron chi connectivity index (χ4n) is 4.02. The van der Waals surface area contributed by atoms with Crippen molar-refractivity contribution < 1.29 is 4.39 Å². The number of aromatic nitrogens is 3. The zero-order valence-electron chi connectivity index (χ0n) is 13.9. The molecule has 24 heavy (non-hydrogen) atoms. The van der Waals surface area contributed by atoms with E-state index < -0.39 is 0 Å². The summed E-state index contributed by atoms with van der Waals surface area (Å²) in [5.41, 5.74) is 1.92. The summed E-state index contributed by atoms with van der Waals surface area (Å²) >= 11 is 0. The number of nitrogens with one attached hydrogen (secondary N) is 1. The Morgan fingerprint density at radius 1 is 1.17 bits per heavy atom. The second-order valence-corrected chi connectivity index (χ2v) is 6.88. The highest BCUT2D eigenvalue weighted by Crippen LogP contribution is 2.30. The molecule has 2 aliphatic heterocycles. The predicted molar refractivity (Wildman–Crippen MR) is 91.5 cm³/mol. The molecule has 0 radical (unpaired) electrons. The van der Waals surface area contributed by atoms with Gasteiger partial charge in [0.15, 0.2) is 0 Å². The highest BCUT2D eigenvalue weighted by atomic mass is 19.1. The fourth-order valence-corrected chi connectivity index (χ4v) is 4.02. The van der Waals surface area contributed by atoms with Crippen molar-refractivity contribution in [2.24, 2.45) is 0 Å². The number of halogens is 1. The standard InChI is InChI=1S/C18H24FN5/c19-16-6-3-7-17(24-9-1-2-10-24)15(16)12-23-8-4-5-14(11-23)18-20-13-21-22-18/h3,6-7,13-14H,1-2,4-5,8-12H2,(H,20,21,22). The Morgan fingerprint density at radius 2 is 2.04 bits per heavy atom. The zero-order chi connectivity index (χ0) is 16.4. The van der Waals surface area contributed by atoms with Gasteiger partial charge in [0.1, 0.15) is 18.0 Å². The van der Waals surface area contributed by atoms with Crippen molar-refractivity contribution in [1.29, 1.82) is 0 Å². The molecule has 1 aromatic carbocycles. The molecule has 0 amide bonds. The summed E-state index contributed by atoms with van der Waals surface area (Å²) in [6.45, 7) is 4.67. The van der Waals surface area contributed by atoms with Gasteiger partial charge in [-0.1, -0.05) is 6.07 Å². The summed E-state index contributed by atoms with van der Waals surface area (Å²) in [4.78, 5) is 8.99. The Bertz CT molecular complexity index is 666. The van der Waals surface area contributed by atoms with Gasteiger partial charge in [-0.2, -0.15) is 5.10 Å². The molecule has 1 N–H and O–H groups in total. The maximum Gasteiger partial charge on any atom is 0.137 e. The molecule has 0 saturated carbocycles. The van der Waals surface area contributed by atoms with Crippen molar-refractivity contribution in [1.82, 2.24) is 20.1 Å². The average Bonchev–Trinajstić information content (AvgIpc) is 3.31. The first-order chi connectivity index (χ1) is 11.8. The van der Waals surface area contributed by atoms with Crippen molar-refractivity contribution >= 4 is 5.69 Å². The van der Waals surface area contributed by atoms with E-state index in [0.29, 0.717) is 12.5 Å². The Hall–Kier alpha value is -1.95. The molecule has 0 aliphatic carbocycles. The second-order valence-electron chi connectivity index (χ2n) is 6.88. The number of piperidine rings is 1. The first kappa shape index (κ1) is 15.6. The van der Waals surface area contributed by atoms with Crippen LogP contribution in [-0.4, -0.2) is 46.3 Å². The van der Waals surface area contributed by atoms with E-state index >= 15 is 0 Å². The molecule has 6 heteroatoms. The first-order valence-corrected chi connectivity index (χ1v) is 8.91. The van der Waals surface area contributed by atoms with Crippen LogP contribution < -0.4 is 4.90 Å². The number of rotatable bonds is 4. The van der Waals surface area contributed by atoms with Gasteiger partial charge in [-0.05, 0) is 44.4 Å². The Labute approximate surface area is 141 Å². The molecular weight excluding hydrogens is 305 g/mol. The monoisotopic (exact) mass is 329 g/mol. The summed E-state index contributed by atoms with van der Waals surface area (Å²) in [6.07, 6.45) is 6.19. The van der Waals surface area contributed by atoms with Crippen LogP contribution in [0.15, 0.2) is 24.5 Å². The van der Waals surface area contributed by atoms with Crippen molar-refractivity contribution in [3.63, 3.8) is 0 Å². The van der Waals surface area contributed by atoms with Gasteiger partial charge in [0, 0.05) is 43.3 Å². The molecule has 5 nitrogen and oxygen atoms in total. The van der Waals surface area contributed by atoms with Crippen molar-refractivity contribution in [2.75, 3.05) is 31.1 Å². The smallest absolute Gasteiger partial charge is 0.137 e. The molecule has 1 atom stereocenters. The van der Waals surface area contributed by atoms with Crippen LogP contribution in [0.2, 0.25) is 0 Å². The lowest BCUT2D eigenvalue weighted by Crippen LogP contribution is -2.35. The Balaban J connectivity index is 1.52. The number of nitrogens with zero attached hydrogens (tertiary/aromatic N) is 4. The van der Waals surface area contributed by atoms with Crippen LogP contribution in [0.4, 0.5) is 10.1 Å². The van der Waals surface area contributed by atoms with E-state index in [9.17, 15) is 4.39 Å². The summed E-state index contributed by atoms with van der Waals surface area (Å²) in [5, 5.41) is 6.95. The average molecular weight is 329 g/mol. The van der Waals surface area contributed by atoms with Crippen LogP contribution in [-0.2, 0) is 6.54 Å². The molecule has 0 spiro atoms. The van der Waals surface area contributed by atoms with E-state index in [1.165, 1.54) is 12.8 Å². The van der Waals surface area contributed by atoms with Gasteiger partial charge in [-0.15, -0.1) is 0 Å². The molecule has 2 aliphatic rings. The third kappa shape index (κ3) is 3.15. The van der Waals surface area contributed by atoms with Crippen LogP contribution in [0.25, 0.3) is 0 Å². The maximum atomic E-state index is 14.5. The summed E-state index contributed by atoms with van der Waals surface area (Å²) in [6, 6.07) is 5.49. The van der Waals surface area contributed by atoms with Gasteiger partial charge in [0.05, 0.1) is 0 Å². The van der Waals surface area contributed by atoms with Gasteiger partial charge in [-0.25, -0.2) is 9.37 Å². The minimum absolute atomic E-state index is 0.0822. The minimum atomic E-state index is -0.0822. The first-order valence-electron chi connectivity index (χ1n) is 8.91. The highest BCUT2D eigenvalue weighted by molar-refractivity contribution is 5.54. The lowest BCUT2D eigenvalue weighted by Gasteiger charge is -2.33. The number of hydrogen-bond acceptors (Lipinski definition) is 4. The maximum absolute atomic E-state index is 14.5. The van der Waals surface area contributed by atoms with E-state index in [1.54, 1.807) is 12.4 Å². The number of anilines is 1. The predicted octanol–water partition coefficient (Wildman–Crippen LogP) is 2.92. The molecule has 1 aromatic heterocycles. The summed E-state index contributed by atoms with van der Waals surface area (Å²) in [7, 11) is 0. The molecule has 128 valence electrons. The quantitative estimate of drug-likeness (QED) is 0.937. The number of benzene rings is 1. The second kappa shape index (κ2) is 6.89. The number of H-pyrrole nitrogens is 1. The summed E-state index contributed by atoms with van der Waals surface area (Å²) in [5.74, 6) is 1.23. The number of aromatic amines is 1. The highest BCUT2D eigenvalue weighted by Gasteiger charge is 2.26. The van der Waals surface area contributed by atoms with E-state index in [2.05, 4.69) is 31.0 Å². The molecule has 1 unspecified atom stereocenters. The van der Waals surface area contributed by atoms with Crippen LogP contribution in [0.5, 0.6) is 0 Å². The zero-order valence-corrected chi connectivity index (χ0v) is 13.9. The van der Waals surface area contributed by atoms with Gasteiger partial charge in [-0.3, -0.25) is 10.00 Å². The molecule has 3 heterocycles. The molecule has 2 aromatic rings. The molecule has 2 fully saturated rings. The molecular formula is C18H24FN5. The van der Waals surface area contributed by atoms with Gasteiger partial charge in [0.25, 0.3) is 0 Å². The largest absolute Gasteiger partial charge is 0.371 e. The van der Waals surface area contributed by atoms with Crippen molar-refractivity contribution in [2.45, 2.75) is 38.1 Å². The third-order valence-electron chi connectivity index (χ3n) is 5.25. The van der Waals surface area contributed by atoms with Crippen LogP contribution in [0.3, 0.4) is 0 Å². The number of likely N-dealkylation sites (tertiary alicyclic amines) is 1. The normalized spacial score (nSPS) is 22.2. The minimum Gasteiger partial charge on any atom is -0.371 e. The van der Waals surface area contributed by atoms with E-state index in [4.69, 9.17) is 0 Å². The summed E-state index contributed by atoms with van der Waals surface area (Å²) < 4.78 is 14.5. The number of hydrogen-bond donors (Lipinski definition) is 1. The van der Waals surface area contributed by atoms with Gasteiger partial charge < -0.3 is 4.90 Å². The van der Waals surface area contributed by atoms with Crippen molar-refractivity contribution in [3.8, 4) is 0 Å². The van der Waals surface area contributed by atoms with Crippen molar-refractivity contribution in [3.05, 3.63) is 41.7 Å². The fraction of sp³-hybridized carbons (Fsp3) is 0.556. The van der Waals surface area contributed by atoms with Crippen LogP contribution in [0.1, 0.15) is 43.0 Å². The van der Waals surface area contributed by atoms with Gasteiger partial charge in [0.2, 0.25) is 0 Å². The molecule has 4 rings (SSSR count). The topological polar surface area (TPSA) is 48.1 Å². The van der Waals surface area contributed by atoms with E-state index in [-0.39, 0.29) is 5.82 Å². The molecule has 2 saturated heterocycles. The lowest BCUT2D eigenvalue weighted by atomic mass is 9.96. The van der Waals surface area contributed by atoms with Gasteiger partial charge >= 0.3 is 0 Å². The van der Waals surface area contributed by atoms with E-state index in [1.807, 2.05) is 6.07 Å². The van der Waals surface area contributed by atoms with Crippen LogP contribution >= 0.6 is 0 Å². The van der Waals surface area contributed by atoms with E-state index in [0.717, 1.165) is 56.1 Å². The Kier molecular flexibility index (Phi) is 4.47. The SMILES string of the molecule is Fc1cccc(N2CCCC2)c1CN1CCCC(c2ncn[nH]2)C1. The Morgan fingerprint density at radius 3 is 2.83 bits per heavy atom.